The Balaban J connectivity index is 3.38. The lowest BCUT2D eigenvalue weighted by molar-refractivity contribution is 0.00804. The van der Waals surface area contributed by atoms with E-state index in [4.69, 9.17) is 32.1 Å². The molecule has 0 N–H and O–H groups in total. The molecule has 0 aliphatic rings. The molecule has 0 aliphatic heterocycles. The van der Waals surface area contributed by atoms with Crippen molar-refractivity contribution in [3.05, 3.63) is 0 Å². The number of halogens is 2. The molecule has 0 heterocycles. The summed E-state index contributed by atoms with van der Waals surface area (Å²) < 4.78 is 21.5. The second-order valence-corrected chi connectivity index (χ2v) is 9.65. The van der Waals surface area contributed by atoms with Gasteiger partial charge in [0.15, 0.2) is 0 Å². The van der Waals surface area contributed by atoms with Crippen LogP contribution in [0.25, 0.3) is 0 Å². The van der Waals surface area contributed by atoms with Gasteiger partial charge in [0.2, 0.25) is 16.8 Å². The van der Waals surface area contributed by atoms with E-state index in [1.165, 1.54) is 96.3 Å². The Morgan fingerprint density at radius 3 is 1.46 bits per heavy atom. The Labute approximate surface area is 185 Å². The van der Waals surface area contributed by atoms with Crippen LogP contribution >= 0.6 is 30.2 Å². The van der Waals surface area contributed by atoms with E-state index in [0.717, 1.165) is 12.8 Å². The van der Waals surface area contributed by atoms with Crippen molar-refractivity contribution in [1.82, 2.24) is 0 Å². The Morgan fingerprint density at radius 1 is 0.714 bits per heavy atom. The fourth-order valence-corrected chi connectivity index (χ4v) is 4.63. The number of ether oxygens (including phenoxy) is 1. The van der Waals surface area contributed by atoms with Gasteiger partial charge >= 0.3 is 7.38 Å². The maximum Gasteiger partial charge on any atom is 0.635 e. The van der Waals surface area contributed by atoms with Crippen molar-refractivity contribution >= 4 is 30.2 Å². The van der Waals surface area contributed by atoms with Crippen molar-refractivity contribution in [3.8, 4) is 0 Å². The third-order valence-electron chi connectivity index (χ3n) is 5.20. The number of unbranched alkanes of at least 4 members (excludes halogenated alkanes) is 15. The zero-order valence-corrected chi connectivity index (χ0v) is 20.7. The molecular weight excluding hydrogens is 414 g/mol. The van der Waals surface area contributed by atoms with Gasteiger partial charge in [0.25, 0.3) is 0 Å². The van der Waals surface area contributed by atoms with Crippen LogP contribution in [0.5, 0.6) is 0 Å². The second-order valence-electron chi connectivity index (χ2n) is 7.75. The first-order valence-corrected chi connectivity index (χ1v) is 14.2. The molecule has 3 unspecified atom stereocenters. The Kier molecular flexibility index (Phi) is 22.8. The third-order valence-corrected chi connectivity index (χ3v) is 6.33. The van der Waals surface area contributed by atoms with E-state index in [9.17, 15) is 4.57 Å². The van der Waals surface area contributed by atoms with E-state index in [2.05, 4.69) is 6.92 Å². The molecule has 0 aromatic carbocycles. The third kappa shape index (κ3) is 19.9. The summed E-state index contributed by atoms with van der Waals surface area (Å²) in [6.07, 6.45) is 22.2. The lowest BCUT2D eigenvalue weighted by atomic mass is 10.0. The molecule has 3 atom stereocenters. The zero-order chi connectivity index (χ0) is 20.9. The number of hydrogen-bond donors (Lipinski definition) is 0. The summed E-state index contributed by atoms with van der Waals surface area (Å²) in [4.78, 5) is 0. The Hall–Kier alpha value is 0.600. The first kappa shape index (κ1) is 28.6. The molecule has 0 amide bonds. The van der Waals surface area contributed by atoms with E-state index in [0.29, 0.717) is 6.61 Å². The predicted octanol–water partition coefficient (Wildman–Crippen LogP) is 9.52. The summed E-state index contributed by atoms with van der Waals surface area (Å²) in [5, 5.41) is 0. The van der Waals surface area contributed by atoms with Gasteiger partial charge in [-0.15, -0.1) is 4.52 Å². The fourth-order valence-electron chi connectivity index (χ4n) is 3.54. The van der Waals surface area contributed by atoms with Crippen LogP contribution in [0.3, 0.4) is 0 Å². The molecular formula is C22H44Cl2O3P+. The van der Waals surface area contributed by atoms with Crippen molar-refractivity contribution in [2.24, 2.45) is 0 Å². The van der Waals surface area contributed by atoms with Gasteiger partial charge in [-0.3, -0.25) is 0 Å². The second kappa shape index (κ2) is 22.3. The van der Waals surface area contributed by atoms with E-state index >= 15 is 0 Å². The molecule has 0 aromatic rings. The molecule has 28 heavy (non-hydrogen) atoms. The highest BCUT2D eigenvalue weighted by Gasteiger charge is 2.29. The topological polar surface area (TPSA) is 35.5 Å². The van der Waals surface area contributed by atoms with Crippen LogP contribution in [0.1, 0.15) is 123 Å². The average molecular weight is 458 g/mol. The first-order chi connectivity index (χ1) is 13.6. The predicted molar refractivity (Wildman–Crippen MR) is 124 cm³/mol. The van der Waals surface area contributed by atoms with Gasteiger partial charge < -0.3 is 4.74 Å². The lowest BCUT2D eigenvalue weighted by Crippen LogP contribution is -2.25. The van der Waals surface area contributed by atoms with Crippen LogP contribution in [-0.4, -0.2) is 18.3 Å². The zero-order valence-electron chi connectivity index (χ0n) is 18.3. The quantitative estimate of drug-likeness (QED) is 0.0920. The molecule has 0 saturated carbocycles. The van der Waals surface area contributed by atoms with E-state index in [-0.39, 0.29) is 6.10 Å². The van der Waals surface area contributed by atoms with Crippen molar-refractivity contribution in [2.45, 2.75) is 135 Å². The number of alkyl halides is 1. The largest absolute Gasteiger partial charge is 0.635 e. The summed E-state index contributed by atoms with van der Waals surface area (Å²) in [6, 6.07) is 0. The van der Waals surface area contributed by atoms with Gasteiger partial charge in [-0.1, -0.05) is 121 Å². The maximum absolute atomic E-state index is 10.9. The highest BCUT2D eigenvalue weighted by atomic mass is 35.7. The fraction of sp³-hybridized carbons (Fsp3) is 1.00. The van der Waals surface area contributed by atoms with Gasteiger partial charge in [-0.25, -0.2) is 0 Å². The molecule has 0 aliphatic carbocycles. The molecule has 3 nitrogen and oxygen atoms in total. The molecule has 0 bridgehead atoms. The molecule has 0 saturated heterocycles. The van der Waals surface area contributed by atoms with Crippen molar-refractivity contribution in [2.75, 3.05) is 6.61 Å². The van der Waals surface area contributed by atoms with Crippen molar-refractivity contribution < 1.29 is 13.8 Å². The highest BCUT2D eigenvalue weighted by molar-refractivity contribution is 7.69. The number of rotatable bonds is 22. The van der Waals surface area contributed by atoms with Crippen LogP contribution in [0.2, 0.25) is 0 Å². The van der Waals surface area contributed by atoms with E-state index in [1.54, 1.807) is 0 Å². The SMILES string of the molecule is CCCCCCCCCCCCCCCCCCC(OCC)C(Cl)O[P+](=O)Cl. The van der Waals surface area contributed by atoms with E-state index < -0.39 is 12.9 Å². The van der Waals surface area contributed by atoms with Gasteiger partial charge in [-0.2, -0.15) is 0 Å². The average Bonchev–Trinajstić information content (AvgIpc) is 2.66. The minimum Gasteiger partial charge on any atom is -0.374 e. The Morgan fingerprint density at radius 2 is 1.11 bits per heavy atom. The summed E-state index contributed by atoms with van der Waals surface area (Å²) >= 11 is 11.4. The molecule has 0 radical (unpaired) electrons. The molecule has 0 aromatic heterocycles. The summed E-state index contributed by atoms with van der Waals surface area (Å²) in [5.41, 5.74) is -0.739. The molecule has 168 valence electrons. The number of hydrogen-bond acceptors (Lipinski definition) is 3. The maximum atomic E-state index is 10.9. The van der Waals surface area contributed by atoms with Crippen LogP contribution in [-0.2, 0) is 13.8 Å². The van der Waals surface area contributed by atoms with Gasteiger partial charge in [-0.05, 0) is 17.9 Å². The Bertz CT molecular complexity index is 346. The van der Waals surface area contributed by atoms with Crippen LogP contribution < -0.4 is 0 Å². The minimum absolute atomic E-state index is 0.240. The summed E-state index contributed by atoms with van der Waals surface area (Å²) in [5.74, 6) is 0. The molecule has 6 heteroatoms. The smallest absolute Gasteiger partial charge is 0.374 e. The normalized spacial score (nSPS) is 14.2. The highest BCUT2D eigenvalue weighted by Crippen LogP contribution is 2.33. The van der Waals surface area contributed by atoms with Crippen molar-refractivity contribution in [3.63, 3.8) is 0 Å². The van der Waals surface area contributed by atoms with Crippen LogP contribution in [0.15, 0.2) is 0 Å². The lowest BCUT2D eigenvalue weighted by Gasteiger charge is -2.17. The molecule has 0 fully saturated rings. The van der Waals surface area contributed by atoms with Gasteiger partial charge in [0.05, 0.1) is 0 Å². The standard InChI is InChI=1S/C22H44Cl2O3P/c1-3-5-6-7-8-9-10-11-12-13-14-15-16-17-18-19-20-21(26-4-2)22(23)27-28(24)25/h21-22H,3-20H2,1-2H3/q+1. The summed E-state index contributed by atoms with van der Waals surface area (Å²) in [6.45, 7) is 4.76. The first-order valence-electron chi connectivity index (χ1n) is 11.7. The summed E-state index contributed by atoms with van der Waals surface area (Å²) in [7, 11) is -2.21. The van der Waals surface area contributed by atoms with Gasteiger partial charge in [0, 0.05) is 6.61 Å². The van der Waals surface area contributed by atoms with Gasteiger partial charge in [0.1, 0.15) is 6.10 Å². The van der Waals surface area contributed by atoms with Crippen LogP contribution in [0.4, 0.5) is 0 Å². The van der Waals surface area contributed by atoms with E-state index in [1.807, 2.05) is 6.92 Å². The van der Waals surface area contributed by atoms with Crippen molar-refractivity contribution in [1.29, 1.82) is 0 Å². The molecule has 0 spiro atoms. The minimum atomic E-state index is -2.21. The monoisotopic (exact) mass is 457 g/mol. The molecule has 0 rings (SSSR count). The van der Waals surface area contributed by atoms with Crippen LogP contribution in [0, 0.1) is 0 Å².